The predicted octanol–water partition coefficient (Wildman–Crippen LogP) is 5.57. The first-order valence-corrected chi connectivity index (χ1v) is 8.47. The summed E-state index contributed by atoms with van der Waals surface area (Å²) in [4.78, 5) is 0. The van der Waals surface area contributed by atoms with E-state index in [1.54, 1.807) is 11.3 Å². The average molecular weight is 293 g/mol. The molecule has 0 saturated heterocycles. The van der Waals surface area contributed by atoms with Gasteiger partial charge >= 0.3 is 0 Å². The van der Waals surface area contributed by atoms with Crippen LogP contribution in [0.3, 0.4) is 0 Å². The molecule has 0 amide bonds. The highest BCUT2D eigenvalue weighted by atomic mass is 32.1. The third kappa shape index (κ3) is 2.44. The first-order chi connectivity index (χ1) is 10.3. The molecular weight excluding hydrogens is 274 g/mol. The summed E-state index contributed by atoms with van der Waals surface area (Å²) in [6, 6.07) is 18.3. The second-order valence-electron chi connectivity index (χ2n) is 6.04. The second-order valence-corrected chi connectivity index (χ2v) is 6.99. The van der Waals surface area contributed by atoms with Gasteiger partial charge in [0.05, 0.1) is 0 Å². The number of hydrogen-bond donors (Lipinski definition) is 1. The van der Waals surface area contributed by atoms with Crippen LogP contribution in [0.15, 0.2) is 53.9 Å². The highest BCUT2D eigenvalue weighted by Gasteiger charge is 2.30. The van der Waals surface area contributed by atoms with Crippen LogP contribution in [0.2, 0.25) is 0 Å². The molecule has 1 saturated carbocycles. The number of benzene rings is 2. The molecule has 3 aromatic rings. The summed E-state index contributed by atoms with van der Waals surface area (Å²) in [7, 11) is 0. The van der Waals surface area contributed by atoms with Gasteiger partial charge in [-0.1, -0.05) is 24.3 Å². The Morgan fingerprint density at radius 2 is 1.90 bits per heavy atom. The standard InChI is InChI=1S/C19H19NS/c1-13-4-2-3-5-18(13)15-11-17(12-15)20-16-6-7-19-14(10-16)8-9-21-19/h2-10,15,17,20H,11-12H2,1H3. The van der Waals surface area contributed by atoms with Crippen LogP contribution in [-0.4, -0.2) is 6.04 Å². The molecule has 0 unspecified atom stereocenters. The molecule has 1 aliphatic carbocycles. The lowest BCUT2D eigenvalue weighted by Crippen LogP contribution is -2.34. The van der Waals surface area contributed by atoms with E-state index in [0.717, 1.165) is 5.92 Å². The van der Waals surface area contributed by atoms with Gasteiger partial charge in [-0.2, -0.15) is 0 Å². The largest absolute Gasteiger partial charge is 0.382 e. The lowest BCUT2D eigenvalue weighted by molar-refractivity contribution is 0.373. The maximum absolute atomic E-state index is 3.68. The molecule has 2 heteroatoms. The fraction of sp³-hybridized carbons (Fsp3) is 0.263. The molecule has 21 heavy (non-hydrogen) atoms. The Balaban J connectivity index is 1.43. The summed E-state index contributed by atoms with van der Waals surface area (Å²) >= 11 is 1.81. The number of nitrogens with one attached hydrogen (secondary N) is 1. The molecule has 2 aromatic carbocycles. The van der Waals surface area contributed by atoms with Crippen LogP contribution in [0, 0.1) is 6.92 Å². The van der Waals surface area contributed by atoms with Crippen molar-refractivity contribution in [3.8, 4) is 0 Å². The maximum Gasteiger partial charge on any atom is 0.0349 e. The molecule has 0 spiro atoms. The highest BCUT2D eigenvalue weighted by molar-refractivity contribution is 7.17. The summed E-state index contributed by atoms with van der Waals surface area (Å²) in [5.41, 5.74) is 4.22. The SMILES string of the molecule is Cc1ccccc1C1CC(Nc2ccc3sccc3c2)C1. The van der Waals surface area contributed by atoms with E-state index in [0.29, 0.717) is 6.04 Å². The zero-order valence-corrected chi connectivity index (χ0v) is 13.0. The van der Waals surface area contributed by atoms with E-state index in [-0.39, 0.29) is 0 Å². The number of anilines is 1. The van der Waals surface area contributed by atoms with Crippen LogP contribution in [0.1, 0.15) is 29.9 Å². The van der Waals surface area contributed by atoms with Crippen molar-refractivity contribution >= 4 is 27.1 Å². The summed E-state index contributed by atoms with van der Waals surface area (Å²) < 4.78 is 1.37. The van der Waals surface area contributed by atoms with E-state index in [2.05, 4.69) is 66.2 Å². The van der Waals surface area contributed by atoms with Crippen LogP contribution in [0.25, 0.3) is 10.1 Å². The number of hydrogen-bond acceptors (Lipinski definition) is 2. The Kier molecular flexibility index (Phi) is 3.19. The maximum atomic E-state index is 3.68. The van der Waals surface area contributed by atoms with Crippen LogP contribution in [0.4, 0.5) is 5.69 Å². The quantitative estimate of drug-likeness (QED) is 0.666. The lowest BCUT2D eigenvalue weighted by atomic mass is 9.74. The molecular formula is C19H19NS. The zero-order chi connectivity index (χ0) is 14.2. The predicted molar refractivity (Wildman–Crippen MR) is 92.4 cm³/mol. The minimum atomic E-state index is 0.616. The van der Waals surface area contributed by atoms with Gasteiger partial charge in [-0.25, -0.2) is 0 Å². The summed E-state index contributed by atoms with van der Waals surface area (Å²) in [6.07, 6.45) is 2.49. The van der Waals surface area contributed by atoms with Gasteiger partial charge in [-0.15, -0.1) is 11.3 Å². The molecule has 0 atom stereocenters. The molecule has 1 aliphatic rings. The molecule has 1 fully saturated rings. The molecule has 1 N–H and O–H groups in total. The van der Waals surface area contributed by atoms with Gasteiger partial charge in [0.25, 0.3) is 0 Å². The first kappa shape index (κ1) is 12.9. The third-order valence-electron chi connectivity index (χ3n) is 4.59. The van der Waals surface area contributed by atoms with Gasteiger partial charge in [0.15, 0.2) is 0 Å². The van der Waals surface area contributed by atoms with Gasteiger partial charge < -0.3 is 5.32 Å². The van der Waals surface area contributed by atoms with Crippen molar-refractivity contribution in [2.75, 3.05) is 5.32 Å². The van der Waals surface area contributed by atoms with Gasteiger partial charge in [-0.05, 0) is 71.8 Å². The smallest absolute Gasteiger partial charge is 0.0349 e. The van der Waals surface area contributed by atoms with Crippen LogP contribution in [0.5, 0.6) is 0 Å². The molecule has 4 rings (SSSR count). The minimum Gasteiger partial charge on any atom is -0.382 e. The van der Waals surface area contributed by atoms with E-state index in [1.165, 1.54) is 39.7 Å². The number of fused-ring (bicyclic) bond motifs is 1. The Labute approximate surface area is 129 Å². The molecule has 1 aromatic heterocycles. The Bertz CT molecular complexity index is 768. The monoisotopic (exact) mass is 293 g/mol. The molecule has 0 aliphatic heterocycles. The summed E-state index contributed by atoms with van der Waals surface area (Å²) in [5.74, 6) is 0.730. The Hall–Kier alpha value is -1.80. The van der Waals surface area contributed by atoms with Crippen molar-refractivity contribution in [1.29, 1.82) is 0 Å². The molecule has 0 radical (unpaired) electrons. The summed E-state index contributed by atoms with van der Waals surface area (Å²) in [5, 5.41) is 7.19. The number of thiophene rings is 1. The van der Waals surface area contributed by atoms with E-state index in [4.69, 9.17) is 0 Å². The van der Waals surface area contributed by atoms with Crippen LogP contribution < -0.4 is 5.32 Å². The van der Waals surface area contributed by atoms with Gasteiger partial charge in [0, 0.05) is 16.4 Å². The van der Waals surface area contributed by atoms with Crippen molar-refractivity contribution in [2.24, 2.45) is 0 Å². The molecule has 1 heterocycles. The topological polar surface area (TPSA) is 12.0 Å². The normalized spacial score (nSPS) is 21.2. The number of rotatable bonds is 3. The second kappa shape index (κ2) is 5.19. The Morgan fingerprint density at radius 1 is 1.05 bits per heavy atom. The van der Waals surface area contributed by atoms with E-state index < -0.39 is 0 Å². The van der Waals surface area contributed by atoms with Crippen molar-refractivity contribution in [2.45, 2.75) is 31.7 Å². The van der Waals surface area contributed by atoms with Crippen LogP contribution in [-0.2, 0) is 0 Å². The van der Waals surface area contributed by atoms with Crippen molar-refractivity contribution < 1.29 is 0 Å². The first-order valence-electron chi connectivity index (χ1n) is 7.59. The zero-order valence-electron chi connectivity index (χ0n) is 12.2. The fourth-order valence-electron chi connectivity index (χ4n) is 3.33. The Morgan fingerprint density at radius 3 is 2.76 bits per heavy atom. The van der Waals surface area contributed by atoms with Crippen molar-refractivity contribution in [3.05, 3.63) is 65.0 Å². The summed E-state index contributed by atoms with van der Waals surface area (Å²) in [6.45, 7) is 2.22. The minimum absolute atomic E-state index is 0.616. The molecule has 0 bridgehead atoms. The number of aryl methyl sites for hydroxylation is 1. The third-order valence-corrected chi connectivity index (χ3v) is 5.49. The van der Waals surface area contributed by atoms with Gasteiger partial charge in [0.1, 0.15) is 0 Å². The van der Waals surface area contributed by atoms with E-state index in [1.807, 2.05) is 0 Å². The highest BCUT2D eigenvalue weighted by Crippen LogP contribution is 2.40. The average Bonchev–Trinajstić information content (AvgIpc) is 2.91. The van der Waals surface area contributed by atoms with Crippen molar-refractivity contribution in [1.82, 2.24) is 0 Å². The fourth-order valence-corrected chi connectivity index (χ4v) is 4.10. The van der Waals surface area contributed by atoms with Gasteiger partial charge in [-0.3, -0.25) is 0 Å². The molecule has 1 nitrogen and oxygen atoms in total. The van der Waals surface area contributed by atoms with Gasteiger partial charge in [0.2, 0.25) is 0 Å². The van der Waals surface area contributed by atoms with E-state index in [9.17, 15) is 0 Å². The van der Waals surface area contributed by atoms with Crippen molar-refractivity contribution in [3.63, 3.8) is 0 Å². The lowest BCUT2D eigenvalue weighted by Gasteiger charge is -2.37. The molecule has 106 valence electrons. The van der Waals surface area contributed by atoms with E-state index >= 15 is 0 Å². The van der Waals surface area contributed by atoms with Crippen LogP contribution >= 0.6 is 11.3 Å².